The predicted octanol–water partition coefficient (Wildman–Crippen LogP) is 2.48. The van der Waals surface area contributed by atoms with E-state index in [4.69, 9.17) is 25.8 Å². The Balaban J connectivity index is 2.41. The highest BCUT2D eigenvalue weighted by Gasteiger charge is 2.25. The molecule has 0 radical (unpaired) electrons. The highest BCUT2D eigenvalue weighted by Crippen LogP contribution is 2.29. The third-order valence-corrected chi connectivity index (χ3v) is 4.88. The summed E-state index contributed by atoms with van der Waals surface area (Å²) < 4.78 is 42.3. The molecule has 0 aliphatic heterocycles. The number of hydrogen-bond acceptors (Lipinski definition) is 6. The van der Waals surface area contributed by atoms with Gasteiger partial charge in [0.2, 0.25) is 0 Å². The summed E-state index contributed by atoms with van der Waals surface area (Å²) >= 11 is 5.84. The van der Waals surface area contributed by atoms with Gasteiger partial charge < -0.3 is 14.2 Å². The van der Waals surface area contributed by atoms with Crippen molar-refractivity contribution in [2.75, 3.05) is 21.3 Å². The van der Waals surface area contributed by atoms with Crippen LogP contribution in [0, 0.1) is 0 Å². The SMILES string of the molecule is COc1ccc(OC)c(S(=O)(=O)NC(=O)c2ccc(Cl)cc2OC)c1. The molecule has 0 saturated carbocycles. The predicted molar refractivity (Wildman–Crippen MR) is 92.2 cm³/mol. The second-order valence-corrected chi connectivity index (χ2v) is 6.88. The molecule has 0 bridgehead atoms. The van der Waals surface area contributed by atoms with Crippen LogP contribution in [0.3, 0.4) is 0 Å². The zero-order valence-corrected chi connectivity index (χ0v) is 15.3. The van der Waals surface area contributed by atoms with E-state index in [2.05, 4.69) is 0 Å². The van der Waals surface area contributed by atoms with Gasteiger partial charge in [0.25, 0.3) is 15.9 Å². The van der Waals surface area contributed by atoms with Crippen molar-refractivity contribution in [2.45, 2.75) is 4.90 Å². The second-order valence-electron chi connectivity index (χ2n) is 4.80. The van der Waals surface area contributed by atoms with Gasteiger partial charge in [0.15, 0.2) is 0 Å². The van der Waals surface area contributed by atoms with E-state index in [9.17, 15) is 13.2 Å². The van der Waals surface area contributed by atoms with Gasteiger partial charge in [-0.25, -0.2) is 13.1 Å². The van der Waals surface area contributed by atoms with E-state index < -0.39 is 15.9 Å². The van der Waals surface area contributed by atoms with E-state index in [0.717, 1.165) is 0 Å². The first-order valence-electron chi connectivity index (χ1n) is 6.95. The van der Waals surface area contributed by atoms with Crippen LogP contribution < -0.4 is 18.9 Å². The highest BCUT2D eigenvalue weighted by atomic mass is 35.5. The minimum Gasteiger partial charge on any atom is -0.497 e. The summed E-state index contributed by atoms with van der Waals surface area (Å²) in [6.07, 6.45) is 0. The van der Waals surface area contributed by atoms with Gasteiger partial charge in [0.1, 0.15) is 22.1 Å². The normalized spacial score (nSPS) is 10.9. The molecule has 0 atom stereocenters. The Morgan fingerprint density at radius 1 is 0.960 bits per heavy atom. The lowest BCUT2D eigenvalue weighted by atomic mass is 10.2. The van der Waals surface area contributed by atoms with Crippen LogP contribution >= 0.6 is 11.6 Å². The molecule has 134 valence electrons. The van der Waals surface area contributed by atoms with Gasteiger partial charge in [-0.3, -0.25) is 4.79 Å². The van der Waals surface area contributed by atoms with E-state index in [0.29, 0.717) is 10.8 Å². The number of sulfonamides is 1. The maximum absolute atomic E-state index is 12.6. The van der Waals surface area contributed by atoms with E-state index in [1.54, 1.807) is 6.07 Å². The zero-order chi connectivity index (χ0) is 18.6. The molecule has 0 aliphatic rings. The van der Waals surface area contributed by atoms with Crippen molar-refractivity contribution in [1.29, 1.82) is 0 Å². The Morgan fingerprint density at radius 2 is 1.64 bits per heavy atom. The molecule has 9 heteroatoms. The second kappa shape index (κ2) is 7.62. The average Bonchev–Trinajstić information content (AvgIpc) is 2.60. The van der Waals surface area contributed by atoms with Crippen LogP contribution in [0.2, 0.25) is 5.02 Å². The maximum atomic E-state index is 12.6. The first-order valence-corrected chi connectivity index (χ1v) is 8.81. The van der Waals surface area contributed by atoms with E-state index in [1.165, 1.54) is 51.7 Å². The molecule has 2 aromatic rings. The summed E-state index contributed by atoms with van der Waals surface area (Å²) in [5, 5.41) is 0.353. The molecule has 0 heterocycles. The van der Waals surface area contributed by atoms with Crippen LogP contribution in [0.4, 0.5) is 0 Å². The average molecular weight is 386 g/mol. The van der Waals surface area contributed by atoms with Gasteiger partial charge in [0, 0.05) is 11.1 Å². The Bertz CT molecular complexity index is 897. The number of nitrogens with one attached hydrogen (secondary N) is 1. The molecule has 2 aromatic carbocycles. The van der Waals surface area contributed by atoms with Gasteiger partial charge in [-0.1, -0.05) is 11.6 Å². The van der Waals surface area contributed by atoms with Gasteiger partial charge in [-0.2, -0.15) is 0 Å². The van der Waals surface area contributed by atoms with Gasteiger partial charge in [-0.15, -0.1) is 0 Å². The standard InChI is InChI=1S/C16H16ClNO6S/c1-22-11-5-7-13(23-2)15(9-11)25(20,21)18-16(19)12-6-4-10(17)8-14(12)24-3/h4-9H,1-3H3,(H,18,19). The number of hydrogen-bond donors (Lipinski definition) is 1. The quantitative estimate of drug-likeness (QED) is 0.821. The molecule has 0 fully saturated rings. The van der Waals surface area contributed by atoms with E-state index >= 15 is 0 Å². The fourth-order valence-electron chi connectivity index (χ4n) is 2.08. The van der Waals surface area contributed by atoms with Crippen LogP contribution in [0.25, 0.3) is 0 Å². The Hall–Kier alpha value is -2.45. The topological polar surface area (TPSA) is 90.9 Å². The molecule has 1 N–H and O–H groups in total. The number of benzene rings is 2. The Labute approximate surface area is 150 Å². The molecular formula is C16H16ClNO6S. The van der Waals surface area contributed by atoms with Crippen LogP contribution in [0.15, 0.2) is 41.3 Å². The summed E-state index contributed by atoms with van der Waals surface area (Å²) in [6.45, 7) is 0. The molecule has 1 amide bonds. The van der Waals surface area contributed by atoms with E-state index in [-0.39, 0.29) is 22.0 Å². The van der Waals surface area contributed by atoms with Crippen molar-refractivity contribution in [3.05, 3.63) is 47.0 Å². The molecule has 0 unspecified atom stereocenters. The molecule has 0 aliphatic carbocycles. The van der Waals surface area contributed by atoms with Crippen molar-refractivity contribution < 1.29 is 27.4 Å². The van der Waals surface area contributed by atoms with Gasteiger partial charge in [-0.05, 0) is 30.3 Å². The van der Waals surface area contributed by atoms with Crippen molar-refractivity contribution in [3.8, 4) is 17.2 Å². The first-order chi connectivity index (χ1) is 11.8. The number of halogens is 1. The molecule has 0 saturated heterocycles. The summed E-state index contributed by atoms with van der Waals surface area (Å²) in [6, 6.07) is 8.47. The van der Waals surface area contributed by atoms with Crippen molar-refractivity contribution >= 4 is 27.5 Å². The molecule has 7 nitrogen and oxygen atoms in total. The third kappa shape index (κ3) is 4.15. The molecule has 0 aromatic heterocycles. The van der Waals surface area contributed by atoms with Gasteiger partial charge in [0.05, 0.1) is 26.9 Å². The molecule has 25 heavy (non-hydrogen) atoms. The minimum absolute atomic E-state index is 0.0253. The number of carbonyl (C=O) groups is 1. The summed E-state index contributed by atoms with van der Waals surface area (Å²) in [4.78, 5) is 12.2. The lowest BCUT2D eigenvalue weighted by molar-refractivity contribution is 0.0978. The lowest BCUT2D eigenvalue weighted by Gasteiger charge is -2.13. The number of methoxy groups -OCH3 is 3. The Morgan fingerprint density at radius 3 is 2.24 bits per heavy atom. The summed E-state index contributed by atoms with van der Waals surface area (Å²) in [5.74, 6) is -0.335. The van der Waals surface area contributed by atoms with Crippen molar-refractivity contribution in [1.82, 2.24) is 4.72 Å². The molecule has 0 spiro atoms. The van der Waals surface area contributed by atoms with E-state index in [1.807, 2.05) is 4.72 Å². The lowest BCUT2D eigenvalue weighted by Crippen LogP contribution is -2.31. The summed E-state index contributed by atoms with van der Waals surface area (Å²) in [5.41, 5.74) is 0.0253. The van der Waals surface area contributed by atoms with Crippen LogP contribution in [-0.2, 0) is 10.0 Å². The fraction of sp³-hybridized carbons (Fsp3) is 0.188. The van der Waals surface area contributed by atoms with Crippen molar-refractivity contribution in [3.63, 3.8) is 0 Å². The largest absolute Gasteiger partial charge is 0.497 e. The first kappa shape index (κ1) is 18.9. The maximum Gasteiger partial charge on any atom is 0.268 e. The number of rotatable bonds is 6. The van der Waals surface area contributed by atoms with Crippen molar-refractivity contribution in [2.24, 2.45) is 0 Å². The molecule has 2 rings (SSSR count). The molecular weight excluding hydrogens is 370 g/mol. The number of ether oxygens (including phenoxy) is 3. The number of amides is 1. The monoisotopic (exact) mass is 385 g/mol. The van der Waals surface area contributed by atoms with Crippen LogP contribution in [-0.4, -0.2) is 35.7 Å². The fourth-order valence-corrected chi connectivity index (χ4v) is 3.39. The Kier molecular flexibility index (Phi) is 5.76. The smallest absolute Gasteiger partial charge is 0.268 e. The third-order valence-electron chi connectivity index (χ3n) is 3.30. The van der Waals surface area contributed by atoms with Gasteiger partial charge >= 0.3 is 0 Å². The summed E-state index contributed by atoms with van der Waals surface area (Å²) in [7, 11) is -0.139. The zero-order valence-electron chi connectivity index (χ0n) is 13.7. The highest BCUT2D eigenvalue weighted by molar-refractivity contribution is 7.90. The van der Waals surface area contributed by atoms with Crippen LogP contribution in [0.5, 0.6) is 17.2 Å². The minimum atomic E-state index is -4.21. The number of carbonyl (C=O) groups excluding carboxylic acids is 1. The van der Waals surface area contributed by atoms with Crippen LogP contribution in [0.1, 0.15) is 10.4 Å².